The minimum Gasteiger partial charge on any atom is -0.354 e. The Bertz CT molecular complexity index is 410. The van der Waals surface area contributed by atoms with Gasteiger partial charge in [0, 0.05) is 12.7 Å². The summed E-state index contributed by atoms with van der Waals surface area (Å²) >= 11 is 0. The monoisotopic (exact) mass is 230 g/mol. The Morgan fingerprint density at radius 3 is 3.06 bits per heavy atom. The van der Waals surface area contributed by atoms with Crippen LogP contribution in [0.15, 0.2) is 12.3 Å². The van der Waals surface area contributed by atoms with Crippen LogP contribution in [0.5, 0.6) is 0 Å². The summed E-state index contributed by atoms with van der Waals surface area (Å²) in [5, 5.41) is 12.0. The summed E-state index contributed by atoms with van der Waals surface area (Å²) in [7, 11) is 0. The number of anilines is 1. The summed E-state index contributed by atoms with van der Waals surface area (Å²) in [5.41, 5.74) is 0.416. The SMILES string of the molecule is CC1CCCCC1CNc1nccc(C#N)n1. The fourth-order valence-corrected chi connectivity index (χ4v) is 2.42. The largest absolute Gasteiger partial charge is 0.354 e. The van der Waals surface area contributed by atoms with Crippen LogP contribution >= 0.6 is 0 Å². The zero-order valence-corrected chi connectivity index (χ0v) is 10.2. The van der Waals surface area contributed by atoms with Crippen LogP contribution < -0.4 is 5.32 Å². The summed E-state index contributed by atoms with van der Waals surface area (Å²) in [6.07, 6.45) is 6.92. The van der Waals surface area contributed by atoms with Crippen LogP contribution in [0.4, 0.5) is 5.95 Å². The average Bonchev–Trinajstić information content (AvgIpc) is 2.38. The highest BCUT2D eigenvalue weighted by atomic mass is 15.1. The Hall–Kier alpha value is -1.63. The van der Waals surface area contributed by atoms with Gasteiger partial charge in [-0.1, -0.05) is 26.2 Å². The highest BCUT2D eigenvalue weighted by Gasteiger charge is 2.20. The summed E-state index contributed by atoms with van der Waals surface area (Å²) in [6.45, 7) is 3.23. The number of nitrogens with one attached hydrogen (secondary N) is 1. The lowest BCUT2D eigenvalue weighted by Crippen LogP contribution is -2.25. The van der Waals surface area contributed by atoms with Gasteiger partial charge in [-0.3, -0.25) is 0 Å². The fraction of sp³-hybridized carbons (Fsp3) is 0.615. The van der Waals surface area contributed by atoms with Gasteiger partial charge >= 0.3 is 0 Å². The molecular formula is C13H18N4. The molecule has 17 heavy (non-hydrogen) atoms. The third-order valence-corrected chi connectivity index (χ3v) is 3.58. The van der Waals surface area contributed by atoms with Gasteiger partial charge in [-0.25, -0.2) is 9.97 Å². The number of nitriles is 1. The molecule has 1 N–H and O–H groups in total. The van der Waals surface area contributed by atoms with Crippen LogP contribution in [-0.4, -0.2) is 16.5 Å². The van der Waals surface area contributed by atoms with Crippen LogP contribution in [-0.2, 0) is 0 Å². The zero-order valence-electron chi connectivity index (χ0n) is 10.2. The Morgan fingerprint density at radius 2 is 2.29 bits per heavy atom. The molecule has 1 saturated carbocycles. The maximum Gasteiger partial charge on any atom is 0.223 e. The van der Waals surface area contributed by atoms with Crippen molar-refractivity contribution in [3.63, 3.8) is 0 Å². The van der Waals surface area contributed by atoms with Gasteiger partial charge in [0.05, 0.1) is 0 Å². The zero-order chi connectivity index (χ0) is 12.1. The van der Waals surface area contributed by atoms with E-state index in [9.17, 15) is 0 Å². The molecule has 1 aromatic heterocycles. The predicted octanol–water partition coefficient (Wildman–Crippen LogP) is 2.59. The maximum atomic E-state index is 8.75. The van der Waals surface area contributed by atoms with Crippen LogP contribution in [0.3, 0.4) is 0 Å². The molecule has 1 aliphatic rings. The molecule has 4 heteroatoms. The first-order valence-electron chi connectivity index (χ1n) is 6.26. The fourth-order valence-electron chi connectivity index (χ4n) is 2.42. The Labute approximate surface area is 102 Å². The van der Waals surface area contributed by atoms with E-state index in [1.165, 1.54) is 25.7 Å². The summed E-state index contributed by atoms with van der Waals surface area (Å²) in [4.78, 5) is 8.24. The molecule has 4 nitrogen and oxygen atoms in total. The maximum absolute atomic E-state index is 8.75. The van der Waals surface area contributed by atoms with E-state index >= 15 is 0 Å². The van der Waals surface area contributed by atoms with Gasteiger partial charge < -0.3 is 5.32 Å². The van der Waals surface area contributed by atoms with E-state index < -0.39 is 0 Å². The minimum atomic E-state index is 0.416. The van der Waals surface area contributed by atoms with Crippen molar-refractivity contribution in [1.29, 1.82) is 5.26 Å². The molecule has 90 valence electrons. The molecule has 2 atom stereocenters. The molecule has 1 aromatic rings. The Kier molecular flexibility index (Phi) is 3.92. The van der Waals surface area contributed by atoms with E-state index in [1.54, 1.807) is 12.3 Å². The van der Waals surface area contributed by atoms with Crippen molar-refractivity contribution in [2.24, 2.45) is 11.8 Å². The standard InChI is InChI=1S/C13H18N4/c1-10-4-2-3-5-11(10)9-16-13-15-7-6-12(8-14)17-13/h6-7,10-11H,2-5,9H2,1H3,(H,15,16,17). The number of rotatable bonds is 3. The molecular weight excluding hydrogens is 212 g/mol. The number of hydrogen-bond acceptors (Lipinski definition) is 4. The molecule has 0 radical (unpaired) electrons. The lowest BCUT2D eigenvalue weighted by Gasteiger charge is -2.28. The highest BCUT2D eigenvalue weighted by molar-refractivity contribution is 5.29. The smallest absolute Gasteiger partial charge is 0.223 e. The predicted molar refractivity (Wildman–Crippen MR) is 66.4 cm³/mol. The summed E-state index contributed by atoms with van der Waals surface area (Å²) in [5.74, 6) is 2.05. The first-order chi connectivity index (χ1) is 8.29. The number of hydrogen-bond donors (Lipinski definition) is 1. The Morgan fingerprint density at radius 1 is 1.47 bits per heavy atom. The molecule has 1 fully saturated rings. The molecule has 1 heterocycles. The molecule has 0 aromatic carbocycles. The summed E-state index contributed by atoms with van der Waals surface area (Å²) in [6, 6.07) is 3.64. The van der Waals surface area contributed by atoms with Crippen molar-refractivity contribution in [3.8, 4) is 6.07 Å². The van der Waals surface area contributed by atoms with Gasteiger partial charge in [-0.15, -0.1) is 0 Å². The van der Waals surface area contributed by atoms with E-state index in [4.69, 9.17) is 5.26 Å². The van der Waals surface area contributed by atoms with Crippen LogP contribution in [0, 0.1) is 23.2 Å². The second-order valence-electron chi connectivity index (χ2n) is 4.78. The van der Waals surface area contributed by atoms with Crippen molar-refractivity contribution < 1.29 is 0 Å². The molecule has 2 rings (SSSR count). The molecule has 0 bridgehead atoms. The highest BCUT2D eigenvalue weighted by Crippen LogP contribution is 2.29. The molecule has 0 aliphatic heterocycles. The first kappa shape index (κ1) is 11.8. The molecule has 0 saturated heterocycles. The number of nitrogens with zero attached hydrogens (tertiary/aromatic N) is 3. The average molecular weight is 230 g/mol. The second-order valence-corrected chi connectivity index (χ2v) is 4.78. The normalized spacial score (nSPS) is 24.0. The van der Waals surface area contributed by atoms with Gasteiger partial charge in [0.25, 0.3) is 0 Å². The van der Waals surface area contributed by atoms with Crippen molar-refractivity contribution in [1.82, 2.24) is 9.97 Å². The summed E-state index contributed by atoms with van der Waals surface area (Å²) < 4.78 is 0. The van der Waals surface area contributed by atoms with Crippen molar-refractivity contribution in [3.05, 3.63) is 18.0 Å². The molecule has 2 unspecified atom stereocenters. The quantitative estimate of drug-likeness (QED) is 0.867. The van der Waals surface area contributed by atoms with Crippen molar-refractivity contribution >= 4 is 5.95 Å². The lowest BCUT2D eigenvalue weighted by atomic mass is 9.80. The topological polar surface area (TPSA) is 61.6 Å². The van der Waals surface area contributed by atoms with Crippen molar-refractivity contribution in [2.75, 3.05) is 11.9 Å². The molecule has 0 amide bonds. The third kappa shape index (κ3) is 3.16. The van der Waals surface area contributed by atoms with Crippen LogP contribution in [0.25, 0.3) is 0 Å². The van der Waals surface area contributed by atoms with E-state index in [1.807, 2.05) is 6.07 Å². The third-order valence-electron chi connectivity index (χ3n) is 3.58. The van der Waals surface area contributed by atoms with E-state index in [2.05, 4.69) is 22.2 Å². The minimum absolute atomic E-state index is 0.416. The Balaban J connectivity index is 1.90. The van der Waals surface area contributed by atoms with Crippen LogP contribution in [0.2, 0.25) is 0 Å². The van der Waals surface area contributed by atoms with Gasteiger partial charge in [-0.05, 0) is 24.3 Å². The van der Waals surface area contributed by atoms with E-state index in [0.29, 0.717) is 17.6 Å². The second kappa shape index (κ2) is 5.62. The van der Waals surface area contributed by atoms with E-state index in [-0.39, 0.29) is 0 Å². The first-order valence-corrected chi connectivity index (χ1v) is 6.26. The van der Waals surface area contributed by atoms with Crippen LogP contribution in [0.1, 0.15) is 38.3 Å². The molecule has 1 aliphatic carbocycles. The molecule has 0 spiro atoms. The van der Waals surface area contributed by atoms with Gasteiger partial charge in [0.15, 0.2) is 0 Å². The lowest BCUT2D eigenvalue weighted by molar-refractivity contribution is 0.268. The van der Waals surface area contributed by atoms with Gasteiger partial charge in [-0.2, -0.15) is 5.26 Å². The van der Waals surface area contributed by atoms with E-state index in [0.717, 1.165) is 12.5 Å². The number of aromatic nitrogens is 2. The van der Waals surface area contributed by atoms with Gasteiger partial charge in [0.1, 0.15) is 11.8 Å². The van der Waals surface area contributed by atoms with Crippen molar-refractivity contribution in [2.45, 2.75) is 32.6 Å². The van der Waals surface area contributed by atoms with Gasteiger partial charge in [0.2, 0.25) is 5.95 Å².